The molecular formula is C25H23BrN4O2. The lowest BCUT2D eigenvalue weighted by molar-refractivity contribution is 0.0527. The normalized spacial score (nSPS) is 12.8. The van der Waals surface area contributed by atoms with Gasteiger partial charge in [-0.2, -0.15) is 10.4 Å². The molecule has 0 atom stereocenters. The van der Waals surface area contributed by atoms with Crippen molar-refractivity contribution in [1.82, 2.24) is 14.3 Å². The molecule has 0 saturated heterocycles. The van der Waals surface area contributed by atoms with E-state index in [-0.39, 0.29) is 12.6 Å². The van der Waals surface area contributed by atoms with Crippen molar-refractivity contribution in [2.75, 3.05) is 6.61 Å². The zero-order valence-corrected chi connectivity index (χ0v) is 20.1. The van der Waals surface area contributed by atoms with E-state index in [1.54, 1.807) is 11.6 Å². The van der Waals surface area contributed by atoms with Crippen LogP contribution in [0.2, 0.25) is 0 Å². The Hall–Kier alpha value is -3.11. The summed E-state index contributed by atoms with van der Waals surface area (Å²) in [5.74, 6) is -0.459. The maximum Gasteiger partial charge on any atom is 0.340 e. The Kier molecular flexibility index (Phi) is 4.86. The molecule has 0 fully saturated rings. The number of aromatic nitrogens is 3. The first-order chi connectivity index (χ1) is 15.4. The number of benzene rings is 2. The van der Waals surface area contributed by atoms with Crippen molar-refractivity contribution in [2.24, 2.45) is 7.05 Å². The van der Waals surface area contributed by atoms with Gasteiger partial charge in [0, 0.05) is 51.2 Å². The Balaban J connectivity index is 2.08. The molecule has 0 amide bonds. The SMILES string of the molecule is CCOC(=O)c1c2c(c3c(c1C#N)c1cc(Br)ccc1n3C(C)C)CCc1nn(C)cc1-2. The first-order valence-electron chi connectivity index (χ1n) is 10.8. The maximum atomic E-state index is 13.3. The summed E-state index contributed by atoms with van der Waals surface area (Å²) in [5.41, 5.74) is 6.55. The molecule has 1 aliphatic carbocycles. The third-order valence-electron chi connectivity index (χ3n) is 6.20. The Morgan fingerprint density at radius 1 is 1.34 bits per heavy atom. The van der Waals surface area contributed by atoms with Crippen LogP contribution in [0.25, 0.3) is 32.9 Å². The van der Waals surface area contributed by atoms with Gasteiger partial charge in [0.2, 0.25) is 0 Å². The molecule has 0 spiro atoms. The minimum atomic E-state index is -0.459. The fraction of sp³-hybridized carbons (Fsp3) is 0.320. The first kappa shape index (κ1) is 20.8. The highest BCUT2D eigenvalue weighted by molar-refractivity contribution is 9.10. The number of halogens is 1. The number of nitrogens with zero attached hydrogens (tertiary/aromatic N) is 4. The fourth-order valence-corrected chi connectivity index (χ4v) is 5.48. The van der Waals surface area contributed by atoms with Crippen molar-refractivity contribution in [1.29, 1.82) is 5.26 Å². The molecule has 0 unspecified atom stereocenters. The van der Waals surface area contributed by atoms with E-state index < -0.39 is 5.97 Å². The van der Waals surface area contributed by atoms with Crippen molar-refractivity contribution in [2.45, 2.75) is 39.7 Å². The number of rotatable bonds is 3. The van der Waals surface area contributed by atoms with E-state index in [2.05, 4.69) is 51.6 Å². The number of carbonyl (C=O) groups excluding carboxylic acids is 1. The summed E-state index contributed by atoms with van der Waals surface area (Å²) in [7, 11) is 1.88. The molecule has 162 valence electrons. The van der Waals surface area contributed by atoms with Crippen LogP contribution in [0.3, 0.4) is 0 Å². The molecule has 5 rings (SSSR count). The van der Waals surface area contributed by atoms with E-state index in [0.29, 0.717) is 11.1 Å². The molecule has 7 heteroatoms. The van der Waals surface area contributed by atoms with Gasteiger partial charge in [0.1, 0.15) is 6.07 Å². The van der Waals surface area contributed by atoms with Crippen molar-refractivity contribution in [3.8, 4) is 17.2 Å². The quantitative estimate of drug-likeness (QED) is 0.346. The summed E-state index contributed by atoms with van der Waals surface area (Å²) in [6.45, 7) is 6.33. The summed E-state index contributed by atoms with van der Waals surface area (Å²) in [4.78, 5) is 13.3. The predicted molar refractivity (Wildman–Crippen MR) is 128 cm³/mol. The predicted octanol–water partition coefficient (Wildman–Crippen LogP) is 5.69. The van der Waals surface area contributed by atoms with Gasteiger partial charge in [0.15, 0.2) is 0 Å². The van der Waals surface area contributed by atoms with E-state index >= 15 is 0 Å². The number of esters is 1. The lowest BCUT2D eigenvalue weighted by atomic mass is 9.82. The first-order valence-corrected chi connectivity index (χ1v) is 11.6. The van der Waals surface area contributed by atoms with Gasteiger partial charge in [-0.1, -0.05) is 15.9 Å². The van der Waals surface area contributed by atoms with Crippen LogP contribution in [0.15, 0.2) is 28.9 Å². The van der Waals surface area contributed by atoms with Crippen LogP contribution in [0.1, 0.15) is 54.0 Å². The Labute approximate surface area is 194 Å². The Bertz CT molecular complexity index is 1470. The molecule has 0 aliphatic heterocycles. The molecular weight excluding hydrogens is 468 g/mol. The highest BCUT2D eigenvalue weighted by Gasteiger charge is 2.33. The molecule has 2 heterocycles. The largest absolute Gasteiger partial charge is 0.462 e. The van der Waals surface area contributed by atoms with E-state index in [4.69, 9.17) is 4.74 Å². The van der Waals surface area contributed by atoms with Crippen LogP contribution >= 0.6 is 15.9 Å². The van der Waals surface area contributed by atoms with Gasteiger partial charge >= 0.3 is 5.97 Å². The number of fused-ring (bicyclic) bond motifs is 7. The third kappa shape index (κ3) is 2.82. The Morgan fingerprint density at radius 2 is 2.12 bits per heavy atom. The maximum absolute atomic E-state index is 13.3. The van der Waals surface area contributed by atoms with Crippen LogP contribution in [-0.4, -0.2) is 26.9 Å². The number of hydrogen-bond acceptors (Lipinski definition) is 4. The lowest BCUT2D eigenvalue weighted by Crippen LogP contribution is -2.16. The fourth-order valence-electron chi connectivity index (χ4n) is 5.12. The van der Waals surface area contributed by atoms with Crippen LogP contribution in [0.4, 0.5) is 0 Å². The van der Waals surface area contributed by atoms with Crippen LogP contribution in [-0.2, 0) is 24.6 Å². The number of nitriles is 1. The van der Waals surface area contributed by atoms with E-state index in [1.807, 2.05) is 25.4 Å². The summed E-state index contributed by atoms with van der Waals surface area (Å²) >= 11 is 3.59. The zero-order valence-electron chi connectivity index (χ0n) is 18.5. The highest BCUT2D eigenvalue weighted by Crippen LogP contribution is 2.46. The zero-order chi connectivity index (χ0) is 22.7. The topological polar surface area (TPSA) is 72.8 Å². The molecule has 2 aromatic carbocycles. The van der Waals surface area contributed by atoms with Gasteiger partial charge in [0.25, 0.3) is 0 Å². The average molecular weight is 491 g/mol. The molecule has 1 aliphatic rings. The molecule has 6 nitrogen and oxygen atoms in total. The smallest absolute Gasteiger partial charge is 0.340 e. The van der Waals surface area contributed by atoms with Crippen molar-refractivity contribution in [3.05, 3.63) is 51.3 Å². The molecule has 32 heavy (non-hydrogen) atoms. The molecule has 2 aromatic heterocycles. The molecule has 0 radical (unpaired) electrons. The summed E-state index contributed by atoms with van der Waals surface area (Å²) in [5, 5.41) is 16.8. The van der Waals surface area contributed by atoms with Crippen LogP contribution in [0, 0.1) is 11.3 Å². The number of ether oxygens (including phenoxy) is 1. The molecule has 0 bridgehead atoms. The molecule has 4 aromatic rings. The van der Waals surface area contributed by atoms with Gasteiger partial charge in [0.05, 0.1) is 28.9 Å². The summed E-state index contributed by atoms with van der Waals surface area (Å²) in [6.07, 6.45) is 3.48. The molecule has 0 N–H and O–H groups in total. The third-order valence-corrected chi connectivity index (χ3v) is 6.69. The second-order valence-corrected chi connectivity index (χ2v) is 9.36. The van der Waals surface area contributed by atoms with E-state index in [9.17, 15) is 10.1 Å². The second kappa shape index (κ2) is 7.49. The minimum absolute atomic E-state index is 0.176. The van der Waals surface area contributed by atoms with Crippen molar-refractivity contribution in [3.63, 3.8) is 0 Å². The monoisotopic (exact) mass is 490 g/mol. The average Bonchev–Trinajstić information content (AvgIpc) is 3.29. The van der Waals surface area contributed by atoms with Gasteiger partial charge in [-0.05, 0) is 57.4 Å². The van der Waals surface area contributed by atoms with Crippen LogP contribution in [0.5, 0.6) is 0 Å². The number of carbonyl (C=O) groups is 1. The van der Waals surface area contributed by atoms with Gasteiger partial charge in [-0.3, -0.25) is 4.68 Å². The van der Waals surface area contributed by atoms with Gasteiger partial charge < -0.3 is 9.30 Å². The van der Waals surface area contributed by atoms with Gasteiger partial charge in [-0.25, -0.2) is 4.79 Å². The summed E-state index contributed by atoms with van der Waals surface area (Å²) < 4.78 is 10.5. The van der Waals surface area contributed by atoms with Crippen molar-refractivity contribution >= 4 is 43.7 Å². The second-order valence-electron chi connectivity index (χ2n) is 8.45. The minimum Gasteiger partial charge on any atom is -0.462 e. The Morgan fingerprint density at radius 3 is 2.81 bits per heavy atom. The number of aryl methyl sites for hydroxylation is 3. The van der Waals surface area contributed by atoms with E-state index in [1.165, 1.54) is 0 Å². The summed E-state index contributed by atoms with van der Waals surface area (Å²) in [6, 6.07) is 8.68. The van der Waals surface area contributed by atoms with E-state index in [0.717, 1.165) is 61.5 Å². The lowest BCUT2D eigenvalue weighted by Gasteiger charge is -2.23. The number of hydrogen-bond donors (Lipinski definition) is 0. The van der Waals surface area contributed by atoms with Crippen LogP contribution < -0.4 is 0 Å². The molecule has 0 saturated carbocycles. The standard InChI is InChI=1S/C25H23BrN4O2/c1-5-32-25(31)23-17(11-27)22-16-10-14(26)6-9-20(16)30(13(2)3)24(22)15-7-8-19-18(21(15)23)12-29(4)28-19/h6,9-10,12-13H,5,7-8H2,1-4H3. The highest BCUT2D eigenvalue weighted by atomic mass is 79.9. The van der Waals surface area contributed by atoms with Crippen molar-refractivity contribution < 1.29 is 9.53 Å². The van der Waals surface area contributed by atoms with Gasteiger partial charge in [-0.15, -0.1) is 0 Å².